The number of carbonyl (C=O) groups excluding carboxylic acids is 1. The van der Waals surface area contributed by atoms with E-state index in [4.69, 9.17) is 21.3 Å². The lowest BCUT2D eigenvalue weighted by Gasteiger charge is -2.09. The van der Waals surface area contributed by atoms with Crippen molar-refractivity contribution < 1.29 is 9.53 Å². The average Bonchev–Trinajstić information content (AvgIpc) is 3.29. The molecule has 2 aromatic heterocycles. The Balaban J connectivity index is 1.32. The molecule has 0 saturated carbocycles. The largest absolute Gasteiger partial charge is 0.492 e. The second-order valence-corrected chi connectivity index (χ2v) is 8.06. The number of halogens is 1. The number of aromatic nitrogens is 2. The quantitative estimate of drug-likeness (QED) is 0.319. The van der Waals surface area contributed by atoms with E-state index < -0.39 is 0 Å². The van der Waals surface area contributed by atoms with Crippen molar-refractivity contribution in [3.63, 3.8) is 0 Å². The number of amides is 1. The number of nitrogens with one attached hydrogen (secondary N) is 1. The molecule has 4 rings (SSSR count). The van der Waals surface area contributed by atoms with Gasteiger partial charge in [-0.25, -0.2) is 4.98 Å². The zero-order valence-electron chi connectivity index (χ0n) is 16.6. The van der Waals surface area contributed by atoms with E-state index in [1.54, 1.807) is 29.8 Å². The van der Waals surface area contributed by atoms with Gasteiger partial charge in [0, 0.05) is 41.0 Å². The van der Waals surface area contributed by atoms with Gasteiger partial charge in [0.15, 0.2) is 0 Å². The number of nitrogens with zero attached hydrogens (tertiary/aromatic N) is 2. The minimum atomic E-state index is -0.0609. The minimum Gasteiger partial charge on any atom is -0.492 e. The van der Waals surface area contributed by atoms with Crippen molar-refractivity contribution in [2.24, 2.45) is 0 Å². The first-order valence-electron chi connectivity index (χ1n) is 9.82. The van der Waals surface area contributed by atoms with Gasteiger partial charge < -0.3 is 10.1 Å². The molecule has 0 saturated heterocycles. The normalized spacial score (nSPS) is 10.6. The number of benzene rings is 2. The van der Waals surface area contributed by atoms with E-state index >= 15 is 0 Å². The summed E-state index contributed by atoms with van der Waals surface area (Å²) in [6.45, 7) is 0.424. The highest BCUT2D eigenvalue weighted by Gasteiger charge is 2.09. The standard InChI is InChI=1S/C24H20ClN3O2S/c25-20-9-1-2-10-22(20)30-13-5-11-23(29)27-19-8-3-6-17(14-19)21-16-31-24(28-21)18-7-4-12-26-15-18/h1-4,6-10,12,14-16H,5,11,13H2,(H,27,29). The fraction of sp³-hybridized carbons (Fsp3) is 0.125. The first kappa shape index (κ1) is 21.0. The van der Waals surface area contributed by atoms with Crippen LogP contribution in [0, 0.1) is 0 Å². The van der Waals surface area contributed by atoms with Crippen LogP contribution in [0.4, 0.5) is 5.69 Å². The maximum Gasteiger partial charge on any atom is 0.224 e. The summed E-state index contributed by atoms with van der Waals surface area (Å²) in [6, 6.07) is 18.9. The third-order valence-corrected chi connectivity index (χ3v) is 5.70. The summed E-state index contributed by atoms with van der Waals surface area (Å²) in [5.74, 6) is 0.570. The highest BCUT2D eigenvalue weighted by Crippen LogP contribution is 2.29. The van der Waals surface area contributed by atoms with Gasteiger partial charge in [0.05, 0.1) is 17.3 Å². The molecule has 0 atom stereocenters. The molecule has 1 N–H and O–H groups in total. The zero-order chi connectivity index (χ0) is 21.5. The summed E-state index contributed by atoms with van der Waals surface area (Å²) in [5.41, 5.74) is 3.55. The Labute approximate surface area is 189 Å². The van der Waals surface area contributed by atoms with Gasteiger partial charge in [-0.1, -0.05) is 35.9 Å². The van der Waals surface area contributed by atoms with Crippen LogP contribution in [0.2, 0.25) is 5.02 Å². The maximum absolute atomic E-state index is 12.3. The van der Waals surface area contributed by atoms with Gasteiger partial charge in [0.2, 0.25) is 5.91 Å². The van der Waals surface area contributed by atoms with E-state index in [2.05, 4.69) is 10.3 Å². The zero-order valence-corrected chi connectivity index (χ0v) is 18.2. The van der Waals surface area contributed by atoms with Crippen molar-refractivity contribution in [3.8, 4) is 27.6 Å². The van der Waals surface area contributed by atoms with Crippen molar-refractivity contribution in [2.75, 3.05) is 11.9 Å². The molecule has 2 aromatic carbocycles. The molecule has 0 radical (unpaired) electrons. The van der Waals surface area contributed by atoms with Crippen LogP contribution >= 0.6 is 22.9 Å². The Morgan fingerprint density at radius 2 is 1.94 bits per heavy atom. The molecule has 5 nitrogen and oxygen atoms in total. The average molecular weight is 450 g/mol. The van der Waals surface area contributed by atoms with Crippen molar-refractivity contribution >= 4 is 34.5 Å². The lowest BCUT2D eigenvalue weighted by Crippen LogP contribution is -2.12. The van der Waals surface area contributed by atoms with Gasteiger partial charge in [-0.3, -0.25) is 9.78 Å². The van der Waals surface area contributed by atoms with Crippen molar-refractivity contribution in [1.29, 1.82) is 0 Å². The number of hydrogen-bond donors (Lipinski definition) is 1. The number of para-hydroxylation sites is 1. The van der Waals surface area contributed by atoms with E-state index in [0.29, 0.717) is 30.2 Å². The van der Waals surface area contributed by atoms with E-state index in [1.165, 1.54) is 0 Å². The molecule has 0 aliphatic carbocycles. The SMILES string of the molecule is O=C(CCCOc1ccccc1Cl)Nc1cccc(-c2csc(-c3cccnc3)n2)c1. The van der Waals surface area contributed by atoms with Gasteiger partial charge in [-0.05, 0) is 42.8 Å². The summed E-state index contributed by atoms with van der Waals surface area (Å²) < 4.78 is 5.63. The fourth-order valence-electron chi connectivity index (χ4n) is 2.98. The number of anilines is 1. The van der Waals surface area contributed by atoms with Gasteiger partial charge >= 0.3 is 0 Å². The predicted octanol–water partition coefficient (Wildman–Crippen LogP) is 6.32. The minimum absolute atomic E-state index is 0.0609. The van der Waals surface area contributed by atoms with Crippen LogP contribution in [0.3, 0.4) is 0 Å². The van der Waals surface area contributed by atoms with E-state index in [1.807, 2.05) is 60.0 Å². The van der Waals surface area contributed by atoms with Crippen LogP contribution in [-0.4, -0.2) is 22.5 Å². The molecular weight excluding hydrogens is 430 g/mol. The van der Waals surface area contributed by atoms with Crippen molar-refractivity contribution in [3.05, 3.63) is 83.5 Å². The molecule has 31 heavy (non-hydrogen) atoms. The van der Waals surface area contributed by atoms with E-state index in [0.717, 1.165) is 27.5 Å². The maximum atomic E-state index is 12.3. The molecule has 0 unspecified atom stereocenters. The predicted molar refractivity (Wildman–Crippen MR) is 126 cm³/mol. The Morgan fingerprint density at radius 1 is 1.06 bits per heavy atom. The van der Waals surface area contributed by atoms with Gasteiger partial charge in [0.1, 0.15) is 10.8 Å². The van der Waals surface area contributed by atoms with Crippen molar-refractivity contribution in [1.82, 2.24) is 9.97 Å². The van der Waals surface area contributed by atoms with Gasteiger partial charge in [-0.15, -0.1) is 11.3 Å². The lowest BCUT2D eigenvalue weighted by molar-refractivity contribution is -0.116. The van der Waals surface area contributed by atoms with Crippen LogP contribution in [-0.2, 0) is 4.79 Å². The summed E-state index contributed by atoms with van der Waals surface area (Å²) >= 11 is 7.63. The lowest BCUT2D eigenvalue weighted by atomic mass is 10.1. The summed E-state index contributed by atoms with van der Waals surface area (Å²) in [5, 5.41) is 6.44. The molecule has 2 heterocycles. The number of carbonyl (C=O) groups is 1. The smallest absolute Gasteiger partial charge is 0.224 e. The number of thiazole rings is 1. The highest BCUT2D eigenvalue weighted by atomic mass is 35.5. The number of pyridine rings is 1. The molecule has 0 aliphatic heterocycles. The Bertz CT molecular complexity index is 1160. The molecule has 0 bridgehead atoms. The first-order chi connectivity index (χ1) is 15.2. The molecule has 0 aliphatic rings. The fourth-order valence-corrected chi connectivity index (χ4v) is 3.99. The monoisotopic (exact) mass is 449 g/mol. The molecule has 4 aromatic rings. The Hall–Kier alpha value is -3.22. The molecular formula is C24H20ClN3O2S. The number of ether oxygens (including phenoxy) is 1. The molecule has 1 amide bonds. The van der Waals surface area contributed by atoms with Crippen LogP contribution in [0.1, 0.15) is 12.8 Å². The van der Waals surface area contributed by atoms with Crippen LogP contribution < -0.4 is 10.1 Å². The molecule has 7 heteroatoms. The summed E-state index contributed by atoms with van der Waals surface area (Å²) in [7, 11) is 0. The number of hydrogen-bond acceptors (Lipinski definition) is 5. The second-order valence-electron chi connectivity index (χ2n) is 6.79. The summed E-state index contributed by atoms with van der Waals surface area (Å²) in [6.07, 6.45) is 4.50. The van der Waals surface area contributed by atoms with Gasteiger partial charge in [-0.2, -0.15) is 0 Å². The molecule has 156 valence electrons. The third kappa shape index (κ3) is 5.69. The third-order valence-electron chi connectivity index (χ3n) is 4.50. The topological polar surface area (TPSA) is 64.1 Å². The molecule has 0 fully saturated rings. The van der Waals surface area contributed by atoms with E-state index in [9.17, 15) is 4.79 Å². The van der Waals surface area contributed by atoms with Crippen molar-refractivity contribution in [2.45, 2.75) is 12.8 Å². The Kier molecular flexibility index (Phi) is 6.92. The first-order valence-corrected chi connectivity index (χ1v) is 11.1. The van der Waals surface area contributed by atoms with Crippen LogP contribution in [0.25, 0.3) is 21.8 Å². The van der Waals surface area contributed by atoms with E-state index in [-0.39, 0.29) is 5.91 Å². The van der Waals surface area contributed by atoms with Gasteiger partial charge in [0.25, 0.3) is 0 Å². The number of rotatable bonds is 8. The Morgan fingerprint density at radius 3 is 2.77 bits per heavy atom. The highest BCUT2D eigenvalue weighted by molar-refractivity contribution is 7.13. The van der Waals surface area contributed by atoms with Crippen LogP contribution in [0.15, 0.2) is 78.4 Å². The molecule has 0 spiro atoms. The second kappa shape index (κ2) is 10.2. The summed E-state index contributed by atoms with van der Waals surface area (Å²) in [4.78, 5) is 21.2. The van der Waals surface area contributed by atoms with Crippen LogP contribution in [0.5, 0.6) is 5.75 Å².